The lowest BCUT2D eigenvalue weighted by molar-refractivity contribution is -0.121. The van der Waals surface area contributed by atoms with Crippen LogP contribution >= 0.6 is 0 Å². The van der Waals surface area contributed by atoms with Crippen molar-refractivity contribution in [3.8, 4) is 11.3 Å². The van der Waals surface area contributed by atoms with Crippen LogP contribution in [0.15, 0.2) is 24.5 Å². The number of rotatable bonds is 9. The Balaban J connectivity index is 1.48. The van der Waals surface area contributed by atoms with Gasteiger partial charge in [0.05, 0.1) is 29.2 Å². The second kappa shape index (κ2) is 12.4. The quantitative estimate of drug-likeness (QED) is 0.413. The van der Waals surface area contributed by atoms with Crippen molar-refractivity contribution in [2.24, 2.45) is 5.92 Å². The molecule has 36 heavy (non-hydrogen) atoms. The predicted molar refractivity (Wildman–Crippen MR) is 140 cm³/mol. The van der Waals surface area contributed by atoms with Crippen LogP contribution < -0.4 is 16.0 Å². The maximum absolute atomic E-state index is 13.7. The van der Waals surface area contributed by atoms with E-state index in [1.54, 1.807) is 19.3 Å². The zero-order chi connectivity index (χ0) is 25.5. The maximum atomic E-state index is 13.7. The highest BCUT2D eigenvalue weighted by atomic mass is 19.1. The van der Waals surface area contributed by atoms with Crippen LogP contribution in [0.4, 0.5) is 21.8 Å². The number of nitrogens with one attached hydrogen (secondary N) is 3. The number of anilines is 3. The van der Waals surface area contributed by atoms with Gasteiger partial charge < -0.3 is 26.0 Å². The Morgan fingerprint density at radius 2 is 1.89 bits per heavy atom. The number of carbonyl (C=O) groups excluding carboxylic acids is 1. The zero-order valence-electron chi connectivity index (χ0n) is 21.2. The van der Waals surface area contributed by atoms with Crippen molar-refractivity contribution in [1.29, 1.82) is 0 Å². The van der Waals surface area contributed by atoms with Crippen LogP contribution in [0.25, 0.3) is 11.3 Å². The Hall–Kier alpha value is -2.85. The first-order valence-electron chi connectivity index (χ1n) is 13.1. The van der Waals surface area contributed by atoms with Crippen LogP contribution in [-0.2, 0) is 4.79 Å². The number of piperidine rings is 1. The lowest BCUT2D eigenvalue weighted by Gasteiger charge is -2.28. The van der Waals surface area contributed by atoms with Gasteiger partial charge in [-0.05, 0) is 77.2 Å². The van der Waals surface area contributed by atoms with Crippen LogP contribution in [0.1, 0.15) is 51.9 Å². The van der Waals surface area contributed by atoms with E-state index in [0.717, 1.165) is 57.2 Å². The van der Waals surface area contributed by atoms with Crippen molar-refractivity contribution in [1.82, 2.24) is 19.9 Å². The van der Waals surface area contributed by atoms with Gasteiger partial charge in [0.1, 0.15) is 12.0 Å². The Morgan fingerprint density at radius 1 is 1.14 bits per heavy atom. The Morgan fingerprint density at radius 3 is 2.56 bits per heavy atom. The van der Waals surface area contributed by atoms with Crippen LogP contribution in [0, 0.1) is 5.92 Å². The summed E-state index contributed by atoms with van der Waals surface area (Å²) in [4.78, 5) is 28.5. The number of pyridine rings is 1. The third-order valence-electron chi connectivity index (χ3n) is 7.15. The van der Waals surface area contributed by atoms with Crippen LogP contribution in [-0.4, -0.2) is 75.9 Å². The number of halogens is 1. The molecule has 9 nitrogen and oxygen atoms in total. The van der Waals surface area contributed by atoms with Gasteiger partial charge >= 0.3 is 0 Å². The number of alkyl halides is 1. The third kappa shape index (κ3) is 7.10. The summed E-state index contributed by atoms with van der Waals surface area (Å²) in [6.45, 7) is 3.81. The molecule has 1 aliphatic carbocycles. The lowest BCUT2D eigenvalue weighted by atomic mass is 9.93. The summed E-state index contributed by atoms with van der Waals surface area (Å²) >= 11 is 0. The van der Waals surface area contributed by atoms with Gasteiger partial charge in [-0.1, -0.05) is 6.92 Å². The van der Waals surface area contributed by atoms with E-state index >= 15 is 0 Å². The molecule has 0 radical (unpaired) electrons. The molecule has 1 saturated heterocycles. The number of hydrogen-bond acceptors (Lipinski definition) is 8. The van der Waals surface area contributed by atoms with Crippen molar-refractivity contribution in [3.05, 3.63) is 24.5 Å². The number of likely N-dealkylation sites (tertiary alicyclic amines) is 1. The number of carbonyl (C=O) groups is 1. The molecule has 2 fully saturated rings. The molecule has 1 saturated carbocycles. The fourth-order valence-corrected chi connectivity index (χ4v) is 4.67. The van der Waals surface area contributed by atoms with Crippen molar-refractivity contribution < 1.29 is 14.3 Å². The number of aliphatic hydroxyl groups excluding tert-OH is 1. The van der Waals surface area contributed by atoms with Gasteiger partial charge in [-0.3, -0.25) is 9.78 Å². The Labute approximate surface area is 212 Å². The van der Waals surface area contributed by atoms with Crippen molar-refractivity contribution in [2.45, 2.75) is 70.2 Å². The summed E-state index contributed by atoms with van der Waals surface area (Å²) in [7, 11) is 2.08. The van der Waals surface area contributed by atoms with Crippen LogP contribution in [0.5, 0.6) is 0 Å². The highest BCUT2D eigenvalue weighted by Crippen LogP contribution is 2.29. The highest BCUT2D eigenvalue weighted by molar-refractivity contribution is 5.92. The van der Waals surface area contributed by atoms with E-state index in [2.05, 4.69) is 42.8 Å². The van der Waals surface area contributed by atoms with Gasteiger partial charge in [-0.15, -0.1) is 0 Å². The molecule has 0 aromatic carbocycles. The molecule has 196 valence electrons. The number of amides is 1. The molecule has 1 atom stereocenters. The Bertz CT molecular complexity index is 990. The maximum Gasteiger partial charge on any atom is 0.227 e. The molecule has 1 amide bonds. The zero-order valence-corrected chi connectivity index (χ0v) is 21.2. The van der Waals surface area contributed by atoms with Crippen molar-refractivity contribution in [3.63, 3.8) is 0 Å². The number of aliphatic hydroxyl groups is 1. The molecule has 4 rings (SSSR count). The molecule has 10 heteroatoms. The highest BCUT2D eigenvalue weighted by Gasteiger charge is 2.24. The first-order chi connectivity index (χ1) is 17.4. The minimum absolute atomic E-state index is 0.0239. The smallest absolute Gasteiger partial charge is 0.227 e. The summed E-state index contributed by atoms with van der Waals surface area (Å²) in [5, 5.41) is 19.3. The first kappa shape index (κ1) is 26.2. The van der Waals surface area contributed by atoms with E-state index in [1.807, 2.05) is 12.1 Å². The molecule has 3 heterocycles. The normalized spacial score (nSPS) is 22.1. The monoisotopic (exact) mass is 499 g/mol. The third-order valence-corrected chi connectivity index (χ3v) is 7.15. The average Bonchev–Trinajstić information content (AvgIpc) is 2.89. The molecule has 0 unspecified atom stereocenters. The second-order valence-corrected chi connectivity index (χ2v) is 9.99. The van der Waals surface area contributed by atoms with Gasteiger partial charge in [-0.2, -0.15) is 4.98 Å². The fraction of sp³-hybridized carbons (Fsp3) is 0.615. The minimum atomic E-state index is -0.969. The summed E-state index contributed by atoms with van der Waals surface area (Å²) in [5.74, 6) is 1.04. The van der Waals surface area contributed by atoms with Gasteiger partial charge in [0.25, 0.3) is 0 Å². The molecule has 0 spiro atoms. The first-order valence-corrected chi connectivity index (χ1v) is 13.1. The van der Waals surface area contributed by atoms with Gasteiger partial charge in [-0.25, -0.2) is 9.37 Å². The van der Waals surface area contributed by atoms with Crippen molar-refractivity contribution >= 4 is 23.4 Å². The Kier molecular flexibility index (Phi) is 9.03. The van der Waals surface area contributed by atoms with E-state index in [4.69, 9.17) is 0 Å². The second-order valence-electron chi connectivity index (χ2n) is 9.99. The van der Waals surface area contributed by atoms with Gasteiger partial charge in [0, 0.05) is 24.7 Å². The topological polar surface area (TPSA) is 115 Å². The van der Waals surface area contributed by atoms with E-state index in [1.165, 1.54) is 0 Å². The molecular weight excluding hydrogens is 461 g/mol. The molecule has 2 aromatic rings. The summed E-state index contributed by atoms with van der Waals surface area (Å²) in [6.07, 6.45) is 7.43. The van der Waals surface area contributed by atoms with E-state index in [9.17, 15) is 14.3 Å². The number of hydrogen-bond donors (Lipinski definition) is 4. The predicted octanol–water partition coefficient (Wildman–Crippen LogP) is 3.69. The molecule has 0 bridgehead atoms. The van der Waals surface area contributed by atoms with Gasteiger partial charge in [0.2, 0.25) is 11.9 Å². The van der Waals surface area contributed by atoms with Crippen LogP contribution in [0.3, 0.4) is 0 Å². The average molecular weight is 500 g/mol. The van der Waals surface area contributed by atoms with E-state index < -0.39 is 6.17 Å². The SMILES string of the molecule is CC[C@H](F)CNc1ncc(-c2ccc(NC(=O)C3CCN(C)CC3)cn2)c(NC2CCC(O)CC2)n1. The molecule has 1 aliphatic heterocycles. The molecule has 4 N–H and O–H groups in total. The number of nitrogens with zero attached hydrogens (tertiary/aromatic N) is 4. The standard InChI is InChI=1S/C26H38FN7O2/c1-3-18(27)14-29-26-30-16-22(24(33-26)31-19-4-7-21(35)8-5-19)23-9-6-20(15-28-23)32-25(36)17-10-12-34(2)13-11-17/h6,9,15-19,21,35H,3-5,7-8,10-14H2,1-2H3,(H,32,36)(H2,29,30,31,33)/t18-,19?,21?/m0/s1. The van der Waals surface area contributed by atoms with E-state index in [0.29, 0.717) is 29.6 Å². The number of aromatic nitrogens is 3. The van der Waals surface area contributed by atoms with Crippen molar-refractivity contribution in [2.75, 3.05) is 42.6 Å². The minimum Gasteiger partial charge on any atom is -0.393 e. The molecule has 2 aliphatic rings. The molecular formula is C26H38FN7O2. The fourth-order valence-electron chi connectivity index (χ4n) is 4.67. The largest absolute Gasteiger partial charge is 0.393 e. The molecule has 2 aromatic heterocycles. The van der Waals surface area contributed by atoms with E-state index in [-0.39, 0.29) is 30.5 Å². The summed E-state index contributed by atoms with van der Waals surface area (Å²) in [5.41, 5.74) is 2.06. The summed E-state index contributed by atoms with van der Waals surface area (Å²) < 4.78 is 13.7. The summed E-state index contributed by atoms with van der Waals surface area (Å²) in [6, 6.07) is 3.87. The van der Waals surface area contributed by atoms with Crippen LogP contribution in [0.2, 0.25) is 0 Å². The van der Waals surface area contributed by atoms with Gasteiger partial charge in [0.15, 0.2) is 0 Å². The lowest BCUT2D eigenvalue weighted by Crippen LogP contribution is -2.35.